The van der Waals surface area contributed by atoms with Gasteiger partial charge in [0.05, 0.1) is 0 Å². The van der Waals surface area contributed by atoms with Crippen molar-refractivity contribution in [3.8, 4) is 0 Å². The van der Waals surface area contributed by atoms with Crippen molar-refractivity contribution in [2.45, 2.75) is 34.6 Å². The number of allylic oxidation sites excluding steroid dienone is 10. The first-order chi connectivity index (χ1) is 8.71. The average Bonchev–Trinajstić information content (AvgIpc) is 2.66. The summed E-state index contributed by atoms with van der Waals surface area (Å²) in [6, 6.07) is 0. The highest BCUT2D eigenvalue weighted by atomic mass is 14.3. The number of rotatable bonds is 4. The van der Waals surface area contributed by atoms with Gasteiger partial charge < -0.3 is 0 Å². The second-order valence-electron chi connectivity index (χ2n) is 3.87. The van der Waals surface area contributed by atoms with Gasteiger partial charge in [0.2, 0.25) is 0 Å². The molecule has 0 saturated carbocycles. The molecule has 0 aliphatic heterocycles. The van der Waals surface area contributed by atoms with Crippen LogP contribution < -0.4 is 0 Å². The molecular weight excluding hydrogens is 216 g/mol. The molecule has 0 atom stereocenters. The standard InChI is InChI=1S/C16H20.C2H6/c1-6-10-15-12(5)16(11-7-2)14(9-4)13(15)8-3;1-2/h6-12H,3-4H2,1-2,5H3;1-2H3/b10-6-,11-7-;. The molecule has 0 heteroatoms. The van der Waals surface area contributed by atoms with Gasteiger partial charge in [0.25, 0.3) is 0 Å². The summed E-state index contributed by atoms with van der Waals surface area (Å²) in [7, 11) is 0. The Hall–Kier alpha value is -1.56. The van der Waals surface area contributed by atoms with E-state index in [1.807, 2.05) is 39.8 Å². The topological polar surface area (TPSA) is 0 Å². The first-order valence-electron chi connectivity index (χ1n) is 6.70. The molecule has 1 aliphatic carbocycles. The van der Waals surface area contributed by atoms with Crippen LogP contribution in [0.3, 0.4) is 0 Å². The van der Waals surface area contributed by atoms with Gasteiger partial charge in [0, 0.05) is 5.92 Å². The van der Waals surface area contributed by atoms with E-state index in [0.29, 0.717) is 5.92 Å². The highest BCUT2D eigenvalue weighted by Gasteiger charge is 2.24. The summed E-state index contributed by atoms with van der Waals surface area (Å²) in [5.41, 5.74) is 5.10. The van der Waals surface area contributed by atoms with Crippen LogP contribution in [0.1, 0.15) is 34.6 Å². The van der Waals surface area contributed by atoms with E-state index in [2.05, 4.69) is 44.4 Å². The Bertz CT molecular complexity index is 371. The molecule has 0 unspecified atom stereocenters. The molecule has 18 heavy (non-hydrogen) atoms. The van der Waals surface area contributed by atoms with E-state index in [9.17, 15) is 0 Å². The van der Waals surface area contributed by atoms with E-state index in [4.69, 9.17) is 0 Å². The summed E-state index contributed by atoms with van der Waals surface area (Å²) in [4.78, 5) is 0. The van der Waals surface area contributed by atoms with Crippen molar-refractivity contribution in [2.24, 2.45) is 5.92 Å². The third kappa shape index (κ3) is 3.22. The summed E-state index contributed by atoms with van der Waals surface area (Å²) >= 11 is 0. The first kappa shape index (κ1) is 16.4. The summed E-state index contributed by atoms with van der Waals surface area (Å²) < 4.78 is 0. The Morgan fingerprint density at radius 2 is 1.17 bits per heavy atom. The molecule has 0 aromatic heterocycles. The molecule has 0 radical (unpaired) electrons. The molecule has 0 saturated heterocycles. The number of hydrogen-bond donors (Lipinski definition) is 0. The van der Waals surface area contributed by atoms with Crippen LogP contribution in [0.2, 0.25) is 0 Å². The fraction of sp³-hybridized carbons (Fsp3) is 0.333. The lowest BCUT2D eigenvalue weighted by Crippen LogP contribution is -1.95. The van der Waals surface area contributed by atoms with Crippen LogP contribution in [-0.2, 0) is 0 Å². The lowest BCUT2D eigenvalue weighted by atomic mass is 9.96. The molecule has 0 fully saturated rings. The highest BCUT2D eigenvalue weighted by Crippen LogP contribution is 2.39. The zero-order chi connectivity index (χ0) is 14.1. The molecule has 0 aromatic rings. The van der Waals surface area contributed by atoms with Crippen LogP contribution in [-0.4, -0.2) is 0 Å². The SMILES string of the molecule is C=CC1=C(/C=C\C)C(C)C(/C=C\C)=C1C=C.CC. The summed E-state index contributed by atoms with van der Waals surface area (Å²) in [6.45, 7) is 18.1. The maximum absolute atomic E-state index is 3.90. The maximum atomic E-state index is 3.90. The van der Waals surface area contributed by atoms with Crippen molar-refractivity contribution in [1.82, 2.24) is 0 Å². The predicted octanol–water partition coefficient (Wildman–Crippen LogP) is 5.78. The predicted molar refractivity (Wildman–Crippen MR) is 84.6 cm³/mol. The Morgan fingerprint density at radius 1 is 0.833 bits per heavy atom. The minimum absolute atomic E-state index is 0.424. The van der Waals surface area contributed by atoms with Crippen LogP contribution in [0.15, 0.2) is 71.9 Å². The average molecular weight is 242 g/mol. The minimum atomic E-state index is 0.424. The second-order valence-corrected chi connectivity index (χ2v) is 3.87. The third-order valence-corrected chi connectivity index (χ3v) is 2.95. The Labute approximate surface area is 113 Å². The number of hydrogen-bond acceptors (Lipinski definition) is 0. The molecule has 0 aromatic carbocycles. The Morgan fingerprint density at radius 3 is 1.39 bits per heavy atom. The molecule has 0 amide bonds. The monoisotopic (exact) mass is 242 g/mol. The fourth-order valence-corrected chi connectivity index (χ4v) is 2.23. The zero-order valence-electron chi connectivity index (χ0n) is 12.5. The van der Waals surface area contributed by atoms with E-state index in [-0.39, 0.29) is 0 Å². The molecule has 98 valence electrons. The van der Waals surface area contributed by atoms with E-state index < -0.39 is 0 Å². The van der Waals surface area contributed by atoms with E-state index in [1.54, 1.807) is 0 Å². The normalized spacial score (nSPS) is 16.5. The van der Waals surface area contributed by atoms with Crippen LogP contribution in [0.4, 0.5) is 0 Å². The van der Waals surface area contributed by atoms with Crippen LogP contribution in [0.25, 0.3) is 0 Å². The highest BCUT2D eigenvalue weighted by molar-refractivity contribution is 5.63. The molecule has 0 heterocycles. The van der Waals surface area contributed by atoms with E-state index in [1.165, 1.54) is 22.3 Å². The van der Waals surface area contributed by atoms with Crippen LogP contribution in [0.5, 0.6) is 0 Å². The van der Waals surface area contributed by atoms with Gasteiger partial charge in [-0.25, -0.2) is 0 Å². The van der Waals surface area contributed by atoms with Gasteiger partial charge >= 0.3 is 0 Å². The smallest absolute Gasteiger partial charge is 0.00730 e. The summed E-state index contributed by atoms with van der Waals surface area (Å²) in [5, 5.41) is 0. The van der Waals surface area contributed by atoms with Gasteiger partial charge in [-0.3, -0.25) is 0 Å². The van der Waals surface area contributed by atoms with E-state index in [0.717, 1.165) is 0 Å². The van der Waals surface area contributed by atoms with Gasteiger partial charge in [0.1, 0.15) is 0 Å². The van der Waals surface area contributed by atoms with Gasteiger partial charge in [-0.1, -0.05) is 70.4 Å². The zero-order valence-corrected chi connectivity index (χ0v) is 12.5. The maximum Gasteiger partial charge on any atom is 0.00730 e. The lowest BCUT2D eigenvalue weighted by molar-refractivity contribution is 0.863. The second kappa shape index (κ2) is 8.52. The quantitative estimate of drug-likeness (QED) is 0.586. The fourth-order valence-electron chi connectivity index (χ4n) is 2.23. The van der Waals surface area contributed by atoms with Crippen molar-refractivity contribution in [3.63, 3.8) is 0 Å². The molecular formula is C18H26. The first-order valence-corrected chi connectivity index (χ1v) is 6.70. The minimum Gasteiger partial charge on any atom is -0.0984 e. The third-order valence-electron chi connectivity index (χ3n) is 2.95. The van der Waals surface area contributed by atoms with Gasteiger partial charge in [-0.2, -0.15) is 0 Å². The lowest BCUT2D eigenvalue weighted by Gasteiger charge is -2.08. The molecule has 1 rings (SSSR count). The van der Waals surface area contributed by atoms with Crippen molar-refractivity contribution < 1.29 is 0 Å². The Kier molecular flexibility index (Phi) is 7.78. The van der Waals surface area contributed by atoms with Crippen molar-refractivity contribution in [2.75, 3.05) is 0 Å². The molecule has 1 aliphatic rings. The summed E-state index contributed by atoms with van der Waals surface area (Å²) in [6.07, 6.45) is 12.4. The van der Waals surface area contributed by atoms with Gasteiger partial charge in [0.15, 0.2) is 0 Å². The van der Waals surface area contributed by atoms with Crippen LogP contribution in [0, 0.1) is 5.92 Å². The van der Waals surface area contributed by atoms with Crippen molar-refractivity contribution in [1.29, 1.82) is 0 Å². The van der Waals surface area contributed by atoms with Crippen molar-refractivity contribution >= 4 is 0 Å². The van der Waals surface area contributed by atoms with E-state index >= 15 is 0 Å². The van der Waals surface area contributed by atoms with Crippen molar-refractivity contribution in [3.05, 3.63) is 71.9 Å². The molecule has 0 nitrogen and oxygen atoms in total. The van der Waals surface area contributed by atoms with Gasteiger partial charge in [-0.15, -0.1) is 0 Å². The summed E-state index contributed by atoms with van der Waals surface area (Å²) in [5.74, 6) is 0.424. The molecule has 0 bridgehead atoms. The molecule has 0 spiro atoms. The van der Waals surface area contributed by atoms with Crippen LogP contribution >= 0.6 is 0 Å². The molecule has 0 N–H and O–H groups in total. The largest absolute Gasteiger partial charge is 0.0984 e. The van der Waals surface area contributed by atoms with Gasteiger partial charge in [-0.05, 0) is 36.1 Å². The Balaban J connectivity index is 0.00000137.